The van der Waals surface area contributed by atoms with E-state index in [-0.39, 0.29) is 28.9 Å². The highest BCUT2D eigenvalue weighted by atomic mass is 32.2. The number of ether oxygens (including phenoxy) is 2. The van der Waals surface area contributed by atoms with Gasteiger partial charge >= 0.3 is 5.97 Å². The van der Waals surface area contributed by atoms with E-state index in [1.807, 2.05) is 31.2 Å². The Hall–Kier alpha value is -3.62. The molecule has 0 saturated carbocycles. The molecule has 0 aliphatic carbocycles. The van der Waals surface area contributed by atoms with E-state index in [1.54, 1.807) is 36.5 Å². The minimum Gasteiger partial charge on any atom is -0.497 e. The van der Waals surface area contributed by atoms with E-state index in [9.17, 15) is 19.6 Å². The predicted octanol–water partition coefficient (Wildman–Crippen LogP) is 5.06. The quantitative estimate of drug-likeness (QED) is 0.193. The number of carbonyl (C=O) groups excluding carboxylic acids is 2. The second-order valence-electron chi connectivity index (χ2n) is 10.6. The van der Waals surface area contributed by atoms with Gasteiger partial charge in [-0.3, -0.25) is 23.9 Å². The van der Waals surface area contributed by atoms with Crippen molar-refractivity contribution in [3.05, 3.63) is 61.8 Å². The van der Waals surface area contributed by atoms with E-state index < -0.39 is 0 Å². The molecule has 0 atom stereocenters. The van der Waals surface area contributed by atoms with Gasteiger partial charge in [-0.25, -0.2) is 0 Å². The number of pyridine rings is 1. The summed E-state index contributed by atoms with van der Waals surface area (Å²) in [6.07, 6.45) is 5.22. The molecule has 228 valence electrons. The minimum atomic E-state index is -0.333. The molecule has 0 radical (unpaired) electrons. The SMILES string of the molecule is CCCCn1c(N2CCC(C(=O)OCC)CC2)c(/C=C2\SC(=S)N(CCc3ccc(OC)cc3)C2=O)c(C)c(C#N)c1=O. The zero-order chi connectivity index (χ0) is 31.1. The van der Waals surface area contributed by atoms with Gasteiger partial charge in [0.05, 0.1) is 24.5 Å². The number of rotatable bonds is 11. The molecule has 1 aromatic heterocycles. The zero-order valence-corrected chi connectivity index (χ0v) is 26.8. The molecule has 2 aliphatic rings. The van der Waals surface area contributed by atoms with E-state index in [0.29, 0.717) is 78.2 Å². The number of aromatic nitrogens is 1. The Bertz CT molecular complexity index is 1500. The van der Waals surface area contributed by atoms with Crippen LogP contribution in [-0.4, -0.2) is 59.0 Å². The third kappa shape index (κ3) is 7.13. The third-order valence-electron chi connectivity index (χ3n) is 7.93. The van der Waals surface area contributed by atoms with Gasteiger partial charge in [-0.15, -0.1) is 0 Å². The van der Waals surface area contributed by atoms with Crippen molar-refractivity contribution in [2.75, 3.05) is 38.3 Å². The molecule has 2 aliphatic heterocycles. The van der Waals surface area contributed by atoms with E-state index >= 15 is 0 Å². The van der Waals surface area contributed by atoms with E-state index in [0.717, 1.165) is 24.2 Å². The molecule has 0 unspecified atom stereocenters. The van der Waals surface area contributed by atoms with Gasteiger partial charge in [-0.1, -0.05) is 49.5 Å². The Balaban J connectivity index is 1.69. The number of carbonyl (C=O) groups is 2. The minimum absolute atomic E-state index is 0.0718. The van der Waals surface area contributed by atoms with E-state index in [1.165, 1.54) is 11.8 Å². The number of thiocarbonyl (C=S) groups is 1. The van der Waals surface area contributed by atoms with Gasteiger partial charge < -0.3 is 14.4 Å². The molecule has 2 saturated heterocycles. The van der Waals surface area contributed by atoms with Gasteiger partial charge in [0, 0.05) is 31.7 Å². The van der Waals surface area contributed by atoms with Crippen LogP contribution in [0, 0.1) is 24.2 Å². The van der Waals surface area contributed by atoms with Crippen LogP contribution in [0.15, 0.2) is 34.0 Å². The van der Waals surface area contributed by atoms with E-state index in [2.05, 4.69) is 11.0 Å². The summed E-state index contributed by atoms with van der Waals surface area (Å²) in [5, 5.41) is 9.97. The largest absolute Gasteiger partial charge is 0.497 e. The van der Waals surface area contributed by atoms with Crippen LogP contribution in [0.2, 0.25) is 0 Å². The van der Waals surface area contributed by atoms with Crippen molar-refractivity contribution >= 4 is 52.1 Å². The molecule has 2 fully saturated rings. The fraction of sp³-hybridized carbons (Fsp3) is 0.469. The van der Waals surface area contributed by atoms with Crippen molar-refractivity contribution in [2.45, 2.75) is 59.4 Å². The van der Waals surface area contributed by atoms with Crippen molar-refractivity contribution in [3.63, 3.8) is 0 Å². The Morgan fingerprint density at radius 1 is 1.16 bits per heavy atom. The van der Waals surface area contributed by atoms with Crippen molar-refractivity contribution < 1.29 is 19.1 Å². The fourth-order valence-corrected chi connectivity index (χ4v) is 6.74. The van der Waals surface area contributed by atoms with Crippen LogP contribution in [-0.2, 0) is 27.3 Å². The highest BCUT2D eigenvalue weighted by molar-refractivity contribution is 8.26. The molecular weight excluding hydrogens is 585 g/mol. The lowest BCUT2D eigenvalue weighted by molar-refractivity contribution is -0.148. The standard InChI is InChI=1S/C32H38N4O5S2/c1-5-7-15-35-28(34-16-13-23(14-17-34)31(39)41-6-2)25(21(3)26(20-33)29(35)37)19-27-30(38)36(32(42)43-27)18-12-22-8-10-24(40-4)11-9-22/h8-11,19,23H,5-7,12-18H2,1-4H3/b27-19-. The molecule has 0 N–H and O–H groups in total. The van der Waals surface area contributed by atoms with E-state index in [4.69, 9.17) is 21.7 Å². The highest BCUT2D eigenvalue weighted by Gasteiger charge is 2.34. The zero-order valence-electron chi connectivity index (χ0n) is 25.2. The second kappa shape index (κ2) is 14.7. The summed E-state index contributed by atoms with van der Waals surface area (Å²) in [7, 11) is 1.62. The molecule has 1 amide bonds. The lowest BCUT2D eigenvalue weighted by atomic mass is 9.95. The molecule has 0 bridgehead atoms. The third-order valence-corrected chi connectivity index (χ3v) is 9.31. The lowest BCUT2D eigenvalue weighted by Gasteiger charge is -2.35. The summed E-state index contributed by atoms with van der Waals surface area (Å²) in [5.41, 5.74) is 2.00. The number of esters is 1. The Morgan fingerprint density at radius 2 is 1.86 bits per heavy atom. The molecular formula is C32H38N4O5S2. The molecule has 2 aromatic rings. The summed E-state index contributed by atoms with van der Waals surface area (Å²) >= 11 is 6.85. The molecule has 11 heteroatoms. The van der Waals surface area contributed by atoms with Gasteiger partial charge in [-0.2, -0.15) is 5.26 Å². The lowest BCUT2D eigenvalue weighted by Crippen LogP contribution is -2.41. The van der Waals surface area contributed by atoms with Crippen molar-refractivity contribution in [2.24, 2.45) is 5.92 Å². The number of piperidine rings is 1. The predicted molar refractivity (Wildman–Crippen MR) is 173 cm³/mol. The van der Waals surface area contributed by atoms with Gasteiger partial charge in [0.1, 0.15) is 27.5 Å². The van der Waals surface area contributed by atoms with Crippen LogP contribution < -0.4 is 15.2 Å². The Morgan fingerprint density at radius 3 is 2.47 bits per heavy atom. The number of anilines is 1. The monoisotopic (exact) mass is 622 g/mol. The average molecular weight is 623 g/mol. The number of nitrogens with zero attached hydrogens (tertiary/aromatic N) is 4. The molecule has 3 heterocycles. The summed E-state index contributed by atoms with van der Waals surface area (Å²) in [5.74, 6) is 0.864. The molecule has 4 rings (SSSR count). The number of unbranched alkanes of at least 4 members (excludes halogenated alkanes) is 1. The number of benzene rings is 1. The number of thioether (sulfide) groups is 1. The smallest absolute Gasteiger partial charge is 0.309 e. The first-order valence-corrected chi connectivity index (χ1v) is 15.9. The topological polar surface area (TPSA) is 105 Å². The first-order chi connectivity index (χ1) is 20.7. The number of methoxy groups -OCH3 is 1. The van der Waals surface area contributed by atoms with Crippen LogP contribution in [0.1, 0.15) is 61.8 Å². The van der Waals surface area contributed by atoms with Gasteiger partial charge in [0.25, 0.3) is 11.5 Å². The van der Waals surface area contributed by atoms with Crippen LogP contribution >= 0.6 is 24.0 Å². The molecule has 0 spiro atoms. The second-order valence-corrected chi connectivity index (χ2v) is 12.3. The highest BCUT2D eigenvalue weighted by Crippen LogP contribution is 2.37. The Kier molecular flexibility index (Phi) is 11.0. The fourth-order valence-electron chi connectivity index (χ4n) is 5.45. The molecule has 43 heavy (non-hydrogen) atoms. The normalized spacial score (nSPS) is 16.6. The summed E-state index contributed by atoms with van der Waals surface area (Å²) in [4.78, 5) is 43.8. The summed E-state index contributed by atoms with van der Waals surface area (Å²) < 4.78 is 12.6. The van der Waals surface area contributed by atoms with Crippen molar-refractivity contribution in [1.29, 1.82) is 5.26 Å². The first-order valence-electron chi connectivity index (χ1n) is 14.7. The first kappa shape index (κ1) is 32.3. The average Bonchev–Trinajstić information content (AvgIpc) is 3.28. The van der Waals surface area contributed by atoms with Crippen molar-refractivity contribution in [3.8, 4) is 11.8 Å². The molecule has 1 aromatic carbocycles. The summed E-state index contributed by atoms with van der Waals surface area (Å²) in [6.45, 7) is 7.92. The molecule has 9 nitrogen and oxygen atoms in total. The van der Waals surface area contributed by atoms with Crippen LogP contribution in [0.3, 0.4) is 0 Å². The van der Waals surface area contributed by atoms with Gasteiger partial charge in [0.2, 0.25) is 0 Å². The number of amides is 1. The van der Waals surface area contributed by atoms with Crippen molar-refractivity contribution in [1.82, 2.24) is 9.47 Å². The maximum Gasteiger partial charge on any atom is 0.309 e. The van der Waals surface area contributed by atoms with Crippen LogP contribution in [0.5, 0.6) is 5.75 Å². The number of hydrogen-bond acceptors (Lipinski definition) is 9. The van der Waals surface area contributed by atoms with Crippen LogP contribution in [0.4, 0.5) is 5.82 Å². The van der Waals surface area contributed by atoms with Gasteiger partial charge in [0.15, 0.2) is 0 Å². The number of nitriles is 1. The van der Waals surface area contributed by atoms with Gasteiger partial charge in [-0.05, 0) is 68.9 Å². The maximum absolute atomic E-state index is 13.6. The summed E-state index contributed by atoms with van der Waals surface area (Å²) in [6, 6.07) is 9.82. The Labute approximate surface area is 262 Å². The van der Waals surface area contributed by atoms with Crippen LogP contribution in [0.25, 0.3) is 6.08 Å². The maximum atomic E-state index is 13.6. The number of hydrogen-bond donors (Lipinski definition) is 0.